The third-order valence-electron chi connectivity index (χ3n) is 2.41. The number of benzene rings is 1. The van der Waals surface area contributed by atoms with Crippen LogP contribution in [0.5, 0.6) is 0 Å². The van der Waals surface area contributed by atoms with Crippen LogP contribution >= 0.6 is 0 Å². The highest BCUT2D eigenvalue weighted by Gasteiger charge is 2.10. The van der Waals surface area contributed by atoms with E-state index < -0.39 is 0 Å². The van der Waals surface area contributed by atoms with Crippen LogP contribution in [-0.4, -0.2) is 13.1 Å². The van der Waals surface area contributed by atoms with E-state index in [1.165, 1.54) is 31.6 Å². The number of anilines is 1. The molecule has 63 valence electrons. The average molecular weight is 160 g/mol. The van der Waals surface area contributed by atoms with E-state index in [9.17, 15) is 0 Å². The SMILES string of the molecule is [CH2]c1ccc(N2CCCC2)cc1. The van der Waals surface area contributed by atoms with Gasteiger partial charge >= 0.3 is 0 Å². The molecular formula is C11H14N. The summed E-state index contributed by atoms with van der Waals surface area (Å²) in [6.45, 7) is 6.31. The summed E-state index contributed by atoms with van der Waals surface area (Å²) in [7, 11) is 0. The Hall–Kier alpha value is -0.980. The second-order valence-corrected chi connectivity index (χ2v) is 3.36. The molecule has 1 aliphatic heterocycles. The Balaban J connectivity index is 2.17. The second kappa shape index (κ2) is 3.18. The zero-order valence-electron chi connectivity index (χ0n) is 7.29. The standard InChI is InChI=1S/C11H14N/c1-10-4-6-11(7-5-10)12-8-2-3-9-12/h4-7H,1-3,8-9H2. The van der Waals surface area contributed by atoms with Crippen molar-refractivity contribution in [1.82, 2.24) is 0 Å². The van der Waals surface area contributed by atoms with Crippen molar-refractivity contribution < 1.29 is 0 Å². The lowest BCUT2D eigenvalue weighted by molar-refractivity contribution is 0.949. The minimum atomic E-state index is 1.10. The number of hydrogen-bond donors (Lipinski definition) is 0. The topological polar surface area (TPSA) is 3.24 Å². The largest absolute Gasteiger partial charge is 0.372 e. The molecular weight excluding hydrogens is 146 g/mol. The van der Waals surface area contributed by atoms with E-state index in [2.05, 4.69) is 36.1 Å². The van der Waals surface area contributed by atoms with Crippen molar-refractivity contribution in [3.05, 3.63) is 36.8 Å². The van der Waals surface area contributed by atoms with Gasteiger partial charge in [0.25, 0.3) is 0 Å². The minimum Gasteiger partial charge on any atom is -0.372 e. The summed E-state index contributed by atoms with van der Waals surface area (Å²) in [5.74, 6) is 0. The lowest BCUT2D eigenvalue weighted by atomic mass is 10.2. The molecule has 0 unspecified atom stereocenters. The third-order valence-corrected chi connectivity index (χ3v) is 2.41. The Labute approximate surface area is 74.0 Å². The molecule has 1 radical (unpaired) electrons. The number of hydrogen-bond acceptors (Lipinski definition) is 1. The molecule has 0 amide bonds. The molecule has 0 aromatic heterocycles. The first-order valence-corrected chi connectivity index (χ1v) is 4.53. The monoisotopic (exact) mass is 160 g/mol. The molecule has 1 fully saturated rings. The Bertz CT molecular complexity index is 244. The van der Waals surface area contributed by atoms with E-state index in [4.69, 9.17) is 0 Å². The van der Waals surface area contributed by atoms with Crippen LogP contribution in [0, 0.1) is 6.92 Å². The van der Waals surface area contributed by atoms with Gasteiger partial charge in [-0.05, 0) is 37.5 Å². The van der Waals surface area contributed by atoms with Gasteiger partial charge in [0.2, 0.25) is 0 Å². The normalized spacial score (nSPS) is 16.9. The Kier molecular flexibility index (Phi) is 2.03. The molecule has 1 aromatic carbocycles. The second-order valence-electron chi connectivity index (χ2n) is 3.36. The fourth-order valence-corrected chi connectivity index (χ4v) is 1.68. The lowest BCUT2D eigenvalue weighted by Crippen LogP contribution is -2.17. The molecule has 1 heterocycles. The summed E-state index contributed by atoms with van der Waals surface area (Å²) in [5, 5.41) is 0. The highest BCUT2D eigenvalue weighted by atomic mass is 15.1. The maximum absolute atomic E-state index is 3.87. The van der Waals surface area contributed by atoms with Crippen LogP contribution in [0.15, 0.2) is 24.3 Å². The molecule has 0 bridgehead atoms. The molecule has 0 aliphatic carbocycles. The van der Waals surface area contributed by atoms with Crippen molar-refractivity contribution in [2.24, 2.45) is 0 Å². The predicted molar refractivity (Wildman–Crippen MR) is 52.3 cm³/mol. The molecule has 0 atom stereocenters. The molecule has 0 spiro atoms. The smallest absolute Gasteiger partial charge is 0.0366 e. The van der Waals surface area contributed by atoms with Crippen molar-refractivity contribution in [2.75, 3.05) is 18.0 Å². The van der Waals surface area contributed by atoms with Gasteiger partial charge in [0.15, 0.2) is 0 Å². The van der Waals surface area contributed by atoms with E-state index in [1.807, 2.05) is 0 Å². The van der Waals surface area contributed by atoms with E-state index in [0.717, 1.165) is 5.56 Å². The Morgan fingerprint density at radius 3 is 2.17 bits per heavy atom. The summed E-state index contributed by atoms with van der Waals surface area (Å²) in [4.78, 5) is 2.43. The van der Waals surface area contributed by atoms with Gasteiger partial charge in [-0.2, -0.15) is 0 Å². The molecule has 0 N–H and O–H groups in total. The Morgan fingerprint density at radius 2 is 1.58 bits per heavy atom. The van der Waals surface area contributed by atoms with Crippen LogP contribution in [0.2, 0.25) is 0 Å². The van der Waals surface area contributed by atoms with Crippen molar-refractivity contribution in [3.8, 4) is 0 Å². The van der Waals surface area contributed by atoms with E-state index in [1.54, 1.807) is 0 Å². The molecule has 12 heavy (non-hydrogen) atoms. The molecule has 2 rings (SSSR count). The van der Waals surface area contributed by atoms with Crippen LogP contribution < -0.4 is 4.90 Å². The predicted octanol–water partition coefficient (Wildman–Crippen LogP) is 2.47. The molecule has 1 saturated heterocycles. The first-order chi connectivity index (χ1) is 5.86. The van der Waals surface area contributed by atoms with Gasteiger partial charge in [-0.15, -0.1) is 0 Å². The van der Waals surface area contributed by atoms with Gasteiger partial charge in [-0.3, -0.25) is 0 Å². The zero-order chi connectivity index (χ0) is 8.39. The Morgan fingerprint density at radius 1 is 1.00 bits per heavy atom. The lowest BCUT2D eigenvalue weighted by Gasteiger charge is -2.17. The number of rotatable bonds is 1. The summed E-state index contributed by atoms with van der Waals surface area (Å²) in [6, 6.07) is 8.47. The minimum absolute atomic E-state index is 1.10. The maximum atomic E-state index is 3.87. The van der Waals surface area contributed by atoms with Crippen molar-refractivity contribution in [2.45, 2.75) is 12.8 Å². The van der Waals surface area contributed by atoms with E-state index >= 15 is 0 Å². The van der Waals surface area contributed by atoms with E-state index in [-0.39, 0.29) is 0 Å². The fraction of sp³-hybridized carbons (Fsp3) is 0.364. The van der Waals surface area contributed by atoms with Crippen molar-refractivity contribution in [1.29, 1.82) is 0 Å². The molecule has 1 aromatic rings. The van der Waals surface area contributed by atoms with Crippen molar-refractivity contribution >= 4 is 5.69 Å². The van der Waals surface area contributed by atoms with Crippen LogP contribution in [0.3, 0.4) is 0 Å². The summed E-state index contributed by atoms with van der Waals surface area (Å²) >= 11 is 0. The zero-order valence-corrected chi connectivity index (χ0v) is 7.29. The van der Waals surface area contributed by atoms with Gasteiger partial charge in [-0.1, -0.05) is 12.1 Å². The van der Waals surface area contributed by atoms with Crippen LogP contribution in [-0.2, 0) is 0 Å². The first-order valence-electron chi connectivity index (χ1n) is 4.53. The number of nitrogens with zero attached hydrogens (tertiary/aromatic N) is 1. The summed E-state index contributed by atoms with van der Waals surface area (Å²) in [5.41, 5.74) is 2.44. The quantitative estimate of drug-likeness (QED) is 0.610. The van der Waals surface area contributed by atoms with Crippen molar-refractivity contribution in [3.63, 3.8) is 0 Å². The highest BCUT2D eigenvalue weighted by Crippen LogP contribution is 2.19. The summed E-state index contributed by atoms with van der Waals surface area (Å²) < 4.78 is 0. The maximum Gasteiger partial charge on any atom is 0.0366 e. The molecule has 0 saturated carbocycles. The van der Waals surface area contributed by atoms with Crippen LogP contribution in [0.4, 0.5) is 5.69 Å². The first kappa shape index (κ1) is 7.66. The van der Waals surface area contributed by atoms with Gasteiger partial charge in [-0.25, -0.2) is 0 Å². The van der Waals surface area contributed by atoms with E-state index in [0.29, 0.717) is 0 Å². The molecule has 1 heteroatoms. The highest BCUT2D eigenvalue weighted by molar-refractivity contribution is 5.48. The van der Waals surface area contributed by atoms with Gasteiger partial charge < -0.3 is 4.90 Å². The third kappa shape index (κ3) is 1.45. The van der Waals surface area contributed by atoms with Gasteiger partial charge in [0.1, 0.15) is 0 Å². The van der Waals surface area contributed by atoms with Gasteiger partial charge in [0.05, 0.1) is 0 Å². The van der Waals surface area contributed by atoms with Crippen LogP contribution in [0.1, 0.15) is 18.4 Å². The molecule has 1 nitrogen and oxygen atoms in total. The fourth-order valence-electron chi connectivity index (χ4n) is 1.68. The van der Waals surface area contributed by atoms with Gasteiger partial charge in [0, 0.05) is 18.8 Å². The molecule has 1 aliphatic rings. The summed E-state index contributed by atoms with van der Waals surface area (Å²) in [6.07, 6.45) is 2.68. The average Bonchev–Trinajstić information content (AvgIpc) is 2.58. The van der Waals surface area contributed by atoms with Crippen LogP contribution in [0.25, 0.3) is 0 Å².